The van der Waals surface area contributed by atoms with Crippen LogP contribution in [-0.2, 0) is 9.59 Å². The first-order valence-corrected chi connectivity index (χ1v) is 10.4. The van der Waals surface area contributed by atoms with Gasteiger partial charge in [-0.15, -0.1) is 0 Å². The summed E-state index contributed by atoms with van der Waals surface area (Å²) in [4.78, 5) is 24.5. The molecule has 4 aliphatic carbocycles. The molecular formula is C22H31FO5. The minimum atomic E-state index is -1.83. The zero-order valence-corrected chi connectivity index (χ0v) is 16.9. The second-order valence-corrected chi connectivity index (χ2v) is 10.1. The summed E-state index contributed by atoms with van der Waals surface area (Å²) in [5.74, 6) is -1.64. The molecule has 0 aliphatic heterocycles. The molecule has 0 heterocycles. The molecule has 0 aromatic carbocycles. The fourth-order valence-electron chi connectivity index (χ4n) is 7.62. The maximum absolute atomic E-state index is 15.3. The molecule has 0 aromatic heterocycles. The molecule has 6 heteroatoms. The Morgan fingerprint density at radius 1 is 1.25 bits per heavy atom. The van der Waals surface area contributed by atoms with Crippen molar-refractivity contribution in [2.45, 2.75) is 76.7 Å². The van der Waals surface area contributed by atoms with Gasteiger partial charge in [0.1, 0.15) is 18.4 Å². The van der Waals surface area contributed by atoms with Crippen LogP contribution in [0.1, 0.15) is 59.3 Å². The van der Waals surface area contributed by atoms with E-state index in [2.05, 4.69) is 0 Å². The first kappa shape index (κ1) is 20.2. The molecule has 8 atom stereocenters. The molecule has 5 nitrogen and oxygen atoms in total. The number of carbonyl (C=O) groups excluding carboxylic acids is 2. The number of rotatable bonds is 2. The van der Waals surface area contributed by atoms with Crippen molar-refractivity contribution in [3.05, 3.63) is 11.6 Å². The SMILES string of the molecule is C[C@@H]1C[C@@]2(O)[C@@H]3C[C@H](F)C4=CC(=O)CC[C@]4(C)[C@H]3CC[C@]2(C)[C@@]1(O)C(=O)CO. The molecule has 156 valence electrons. The van der Waals surface area contributed by atoms with Crippen molar-refractivity contribution in [3.63, 3.8) is 0 Å². The highest BCUT2D eigenvalue weighted by Gasteiger charge is 2.75. The highest BCUT2D eigenvalue weighted by molar-refractivity contribution is 5.92. The lowest BCUT2D eigenvalue weighted by Gasteiger charge is -2.62. The molecular weight excluding hydrogens is 363 g/mol. The van der Waals surface area contributed by atoms with Crippen LogP contribution < -0.4 is 0 Å². The van der Waals surface area contributed by atoms with Crippen LogP contribution in [0.25, 0.3) is 0 Å². The standard InChI is InChI=1S/C22H31FO5/c1-12-10-21(27)15-9-17(23)16-8-13(25)4-6-19(16,2)14(15)5-7-20(21,3)22(12,28)18(26)11-24/h8,12,14-15,17,24,27-28H,4-7,9-11H2,1-3H3/t12-,14+,15-,17+,19-,20+,21-,22+/m1/s1. The van der Waals surface area contributed by atoms with E-state index in [9.17, 15) is 24.9 Å². The number of aliphatic hydroxyl groups excluding tert-OH is 1. The molecule has 0 saturated heterocycles. The summed E-state index contributed by atoms with van der Waals surface area (Å²) in [5.41, 5.74) is -4.28. The van der Waals surface area contributed by atoms with Gasteiger partial charge in [0.15, 0.2) is 11.6 Å². The monoisotopic (exact) mass is 394 g/mol. The van der Waals surface area contributed by atoms with Crippen LogP contribution in [0.15, 0.2) is 11.6 Å². The van der Waals surface area contributed by atoms with E-state index in [0.717, 1.165) is 0 Å². The van der Waals surface area contributed by atoms with Crippen molar-refractivity contribution in [2.24, 2.45) is 28.6 Å². The van der Waals surface area contributed by atoms with Gasteiger partial charge in [-0.25, -0.2) is 4.39 Å². The number of alkyl halides is 1. The smallest absolute Gasteiger partial charge is 0.190 e. The van der Waals surface area contributed by atoms with E-state index in [1.807, 2.05) is 6.92 Å². The summed E-state index contributed by atoms with van der Waals surface area (Å²) in [6, 6.07) is 0. The maximum Gasteiger partial charge on any atom is 0.190 e. The topological polar surface area (TPSA) is 94.8 Å². The van der Waals surface area contributed by atoms with Crippen LogP contribution in [0.2, 0.25) is 0 Å². The fourth-order valence-corrected chi connectivity index (χ4v) is 7.62. The molecule has 0 radical (unpaired) electrons. The Bertz CT molecular complexity index is 764. The predicted octanol–water partition coefficient (Wildman–Crippen LogP) is 2.12. The summed E-state index contributed by atoms with van der Waals surface area (Å²) in [6.07, 6.45) is 2.49. The molecule has 0 bridgehead atoms. The van der Waals surface area contributed by atoms with Crippen molar-refractivity contribution in [1.29, 1.82) is 0 Å². The quantitative estimate of drug-likeness (QED) is 0.667. The number of halogens is 1. The average molecular weight is 394 g/mol. The zero-order valence-electron chi connectivity index (χ0n) is 16.9. The van der Waals surface area contributed by atoms with Gasteiger partial charge in [0, 0.05) is 11.8 Å². The molecule has 0 aromatic rings. The number of hydrogen-bond acceptors (Lipinski definition) is 5. The number of hydrogen-bond donors (Lipinski definition) is 3. The van der Waals surface area contributed by atoms with Gasteiger partial charge in [-0.1, -0.05) is 20.8 Å². The summed E-state index contributed by atoms with van der Waals surface area (Å²) >= 11 is 0. The Morgan fingerprint density at radius 2 is 1.93 bits per heavy atom. The van der Waals surface area contributed by atoms with E-state index in [4.69, 9.17) is 0 Å². The molecule has 0 amide bonds. The van der Waals surface area contributed by atoms with Crippen molar-refractivity contribution < 1.29 is 29.3 Å². The van der Waals surface area contributed by atoms with Crippen LogP contribution in [0.4, 0.5) is 4.39 Å². The summed E-state index contributed by atoms with van der Waals surface area (Å²) in [6.45, 7) is 4.68. The number of aliphatic hydroxyl groups is 3. The van der Waals surface area contributed by atoms with Gasteiger partial charge in [0.2, 0.25) is 0 Å². The summed E-state index contributed by atoms with van der Waals surface area (Å²) < 4.78 is 15.3. The number of ketones is 2. The minimum absolute atomic E-state index is 0.00398. The minimum Gasteiger partial charge on any atom is -0.389 e. The van der Waals surface area contributed by atoms with Gasteiger partial charge < -0.3 is 15.3 Å². The van der Waals surface area contributed by atoms with Crippen molar-refractivity contribution in [1.82, 2.24) is 0 Å². The molecule has 28 heavy (non-hydrogen) atoms. The molecule has 3 N–H and O–H groups in total. The number of fused-ring (bicyclic) bond motifs is 5. The zero-order chi connectivity index (χ0) is 20.7. The van der Waals surface area contributed by atoms with Gasteiger partial charge in [-0.2, -0.15) is 0 Å². The van der Waals surface area contributed by atoms with Gasteiger partial charge in [-0.3, -0.25) is 9.59 Å². The number of allylic oxidation sites excluding steroid dienone is 1. The van der Waals surface area contributed by atoms with E-state index in [-0.39, 0.29) is 24.5 Å². The van der Waals surface area contributed by atoms with E-state index in [1.165, 1.54) is 6.08 Å². The Hall–Kier alpha value is -1.11. The second-order valence-electron chi connectivity index (χ2n) is 10.1. The molecule has 3 saturated carbocycles. The van der Waals surface area contributed by atoms with E-state index >= 15 is 4.39 Å². The highest BCUT2D eigenvalue weighted by atomic mass is 19.1. The van der Waals surface area contributed by atoms with Crippen LogP contribution >= 0.6 is 0 Å². The van der Waals surface area contributed by atoms with E-state index in [0.29, 0.717) is 31.3 Å². The van der Waals surface area contributed by atoms with Crippen LogP contribution in [0, 0.1) is 28.6 Å². The average Bonchev–Trinajstić information content (AvgIpc) is 2.81. The van der Waals surface area contributed by atoms with Gasteiger partial charge in [0.05, 0.1) is 5.60 Å². The van der Waals surface area contributed by atoms with Gasteiger partial charge >= 0.3 is 0 Å². The molecule has 0 spiro atoms. The first-order chi connectivity index (χ1) is 13.0. The van der Waals surface area contributed by atoms with Crippen LogP contribution in [-0.4, -0.2) is 50.9 Å². The van der Waals surface area contributed by atoms with E-state index < -0.39 is 52.4 Å². The number of carbonyl (C=O) groups is 2. The summed E-state index contributed by atoms with van der Waals surface area (Å²) in [5, 5.41) is 32.8. The van der Waals surface area contributed by atoms with Crippen molar-refractivity contribution in [2.75, 3.05) is 6.61 Å². The third kappa shape index (κ3) is 2.12. The third-order valence-corrected chi connectivity index (χ3v) is 9.23. The molecule has 0 unspecified atom stereocenters. The molecule has 3 fully saturated rings. The Balaban J connectivity index is 1.81. The Kier molecular flexibility index (Phi) is 4.29. The Labute approximate surface area is 165 Å². The maximum atomic E-state index is 15.3. The van der Waals surface area contributed by atoms with Crippen LogP contribution in [0.5, 0.6) is 0 Å². The molecule has 4 aliphatic rings. The summed E-state index contributed by atoms with van der Waals surface area (Å²) in [7, 11) is 0. The van der Waals surface area contributed by atoms with E-state index in [1.54, 1.807) is 13.8 Å². The number of Topliss-reactive ketones (excluding diaryl/α,β-unsaturated/α-hetero) is 1. The van der Waals surface area contributed by atoms with Crippen molar-refractivity contribution >= 4 is 11.6 Å². The fraction of sp³-hybridized carbons (Fsp3) is 0.818. The largest absolute Gasteiger partial charge is 0.389 e. The molecule has 4 rings (SSSR count). The van der Waals surface area contributed by atoms with Gasteiger partial charge in [-0.05, 0) is 66.9 Å². The second kappa shape index (κ2) is 5.96. The lowest BCUT2D eigenvalue weighted by Crippen LogP contribution is -2.67. The van der Waals surface area contributed by atoms with Crippen LogP contribution in [0.3, 0.4) is 0 Å². The lowest BCUT2D eigenvalue weighted by molar-refractivity contribution is -0.222. The predicted molar refractivity (Wildman–Crippen MR) is 100 cm³/mol. The Morgan fingerprint density at radius 3 is 2.57 bits per heavy atom. The normalized spacial score (nSPS) is 53.1. The van der Waals surface area contributed by atoms with Crippen molar-refractivity contribution in [3.8, 4) is 0 Å². The lowest BCUT2D eigenvalue weighted by atomic mass is 9.44. The first-order valence-electron chi connectivity index (χ1n) is 10.4. The van der Waals surface area contributed by atoms with Gasteiger partial charge in [0.25, 0.3) is 0 Å². The highest BCUT2D eigenvalue weighted by Crippen LogP contribution is 2.70. The third-order valence-electron chi connectivity index (χ3n) is 9.23.